The molecule has 0 aliphatic heterocycles. The Hall–Kier alpha value is -0.630. The number of fused-ring (bicyclic) bond motifs is 5. The third-order valence-electron chi connectivity index (χ3n) is 8.10. The van der Waals surface area contributed by atoms with E-state index in [1.54, 1.807) is 0 Å². The van der Waals surface area contributed by atoms with Crippen LogP contribution >= 0.6 is 0 Å². The van der Waals surface area contributed by atoms with Gasteiger partial charge in [0, 0.05) is 11.8 Å². The summed E-state index contributed by atoms with van der Waals surface area (Å²) in [6.07, 6.45) is 11.3. The van der Waals surface area contributed by atoms with Gasteiger partial charge in [-0.1, -0.05) is 25.8 Å². The van der Waals surface area contributed by atoms with Crippen molar-refractivity contribution in [3.05, 3.63) is 11.6 Å². The van der Waals surface area contributed by atoms with Crippen molar-refractivity contribution in [2.45, 2.75) is 65.2 Å². The fraction of sp³-hybridized carbons (Fsp3) is 0.850. The Kier molecular flexibility index (Phi) is 3.35. The molecule has 4 aliphatic carbocycles. The minimum absolute atomic E-state index is 0.0605. The molecule has 4 aliphatic rings. The predicted octanol–water partition coefficient (Wildman–Crippen LogP) is 4.13. The quantitative estimate of drug-likeness (QED) is 0.791. The molecule has 22 heavy (non-hydrogen) atoms. The number of carbonyl (C=O) groups is 1. The van der Waals surface area contributed by atoms with Gasteiger partial charge in [0.2, 0.25) is 0 Å². The van der Waals surface area contributed by atoms with Crippen LogP contribution in [0.25, 0.3) is 0 Å². The summed E-state index contributed by atoms with van der Waals surface area (Å²) in [5.74, 6) is 3.18. The molecule has 2 nitrogen and oxygen atoms in total. The summed E-state index contributed by atoms with van der Waals surface area (Å²) >= 11 is 0. The maximum absolute atomic E-state index is 11.9. The zero-order valence-corrected chi connectivity index (χ0v) is 14.1. The average molecular weight is 302 g/mol. The maximum atomic E-state index is 11.9. The standard InChI is InChI=1S/C20H30O2/c1-13-10-14-11-15(22)5-9-20(14,12-21)17-6-8-19(2)7-3-4-16(19)18(13)17/h11,13,16-18,21H,3-10,12H2,1-2H3/t13?,16-,17+,18-,19-,20+/m0/s1. The number of aliphatic hydroxyl groups excluding tert-OH is 1. The molecule has 1 N–H and O–H groups in total. The molecule has 0 aromatic heterocycles. The molecule has 2 heteroatoms. The lowest BCUT2D eigenvalue weighted by molar-refractivity contribution is -0.120. The van der Waals surface area contributed by atoms with Crippen molar-refractivity contribution >= 4 is 5.78 Å². The fourth-order valence-corrected chi connectivity index (χ4v) is 7.01. The van der Waals surface area contributed by atoms with Crippen LogP contribution in [0.4, 0.5) is 0 Å². The average Bonchev–Trinajstić information content (AvgIpc) is 2.88. The van der Waals surface area contributed by atoms with Gasteiger partial charge < -0.3 is 5.11 Å². The van der Waals surface area contributed by atoms with Crippen molar-refractivity contribution in [3.8, 4) is 0 Å². The van der Waals surface area contributed by atoms with Gasteiger partial charge in [0.05, 0.1) is 6.61 Å². The van der Waals surface area contributed by atoms with E-state index in [1.807, 2.05) is 6.08 Å². The van der Waals surface area contributed by atoms with Gasteiger partial charge in [-0.3, -0.25) is 4.79 Å². The van der Waals surface area contributed by atoms with E-state index < -0.39 is 0 Å². The van der Waals surface area contributed by atoms with Gasteiger partial charge in [-0.05, 0) is 73.7 Å². The van der Waals surface area contributed by atoms with Gasteiger partial charge in [-0.25, -0.2) is 0 Å². The Labute approximate surface area is 134 Å². The Morgan fingerprint density at radius 1 is 1.23 bits per heavy atom. The topological polar surface area (TPSA) is 37.3 Å². The molecule has 0 aromatic carbocycles. The number of hydrogen-bond acceptors (Lipinski definition) is 2. The van der Waals surface area contributed by atoms with Crippen LogP contribution in [0, 0.1) is 34.5 Å². The maximum Gasteiger partial charge on any atom is 0.155 e. The lowest BCUT2D eigenvalue weighted by Gasteiger charge is -2.60. The van der Waals surface area contributed by atoms with E-state index in [2.05, 4.69) is 13.8 Å². The van der Waals surface area contributed by atoms with Crippen molar-refractivity contribution in [1.29, 1.82) is 0 Å². The van der Waals surface area contributed by atoms with Crippen molar-refractivity contribution < 1.29 is 9.90 Å². The van der Waals surface area contributed by atoms with Crippen LogP contribution in [0.3, 0.4) is 0 Å². The largest absolute Gasteiger partial charge is 0.395 e. The second-order valence-corrected chi connectivity index (χ2v) is 9.01. The zero-order valence-electron chi connectivity index (χ0n) is 14.1. The predicted molar refractivity (Wildman–Crippen MR) is 87.3 cm³/mol. The molecule has 0 spiro atoms. The molecule has 122 valence electrons. The first kappa shape index (κ1) is 14.9. The Morgan fingerprint density at radius 2 is 2.05 bits per heavy atom. The van der Waals surface area contributed by atoms with Crippen LogP contribution in [0.2, 0.25) is 0 Å². The molecule has 0 saturated heterocycles. The highest BCUT2D eigenvalue weighted by molar-refractivity contribution is 5.91. The summed E-state index contributed by atoms with van der Waals surface area (Å²) in [4.78, 5) is 11.9. The number of hydrogen-bond donors (Lipinski definition) is 1. The Balaban J connectivity index is 1.76. The number of rotatable bonds is 1. The SMILES string of the molecule is CC1CC2=CC(=O)CC[C@]2(CO)[C@@H]2CC[C@]3(C)CCC[C@H]3[C@H]12. The van der Waals surface area contributed by atoms with Crippen LogP contribution in [-0.4, -0.2) is 17.5 Å². The second-order valence-electron chi connectivity index (χ2n) is 9.01. The highest BCUT2D eigenvalue weighted by Crippen LogP contribution is 2.66. The van der Waals surface area contributed by atoms with Gasteiger partial charge in [0.15, 0.2) is 5.78 Å². The van der Waals surface area contributed by atoms with Crippen molar-refractivity contribution in [2.75, 3.05) is 6.61 Å². The lowest BCUT2D eigenvalue weighted by Crippen LogP contribution is -2.54. The number of ketones is 1. The highest BCUT2D eigenvalue weighted by Gasteiger charge is 2.59. The minimum Gasteiger partial charge on any atom is -0.395 e. The van der Waals surface area contributed by atoms with Crippen molar-refractivity contribution in [2.24, 2.45) is 34.5 Å². The van der Waals surface area contributed by atoms with Gasteiger partial charge in [-0.2, -0.15) is 0 Å². The van der Waals surface area contributed by atoms with Gasteiger partial charge >= 0.3 is 0 Å². The molecule has 0 amide bonds. The molecule has 4 rings (SSSR count). The molecule has 0 heterocycles. The Bertz CT molecular complexity index is 522. The molecular formula is C20H30O2. The summed E-state index contributed by atoms with van der Waals surface area (Å²) in [5, 5.41) is 10.3. The zero-order chi connectivity index (χ0) is 15.5. The Morgan fingerprint density at radius 3 is 2.82 bits per heavy atom. The summed E-state index contributed by atoms with van der Waals surface area (Å²) < 4.78 is 0. The van der Waals surface area contributed by atoms with Crippen LogP contribution in [0.5, 0.6) is 0 Å². The van der Waals surface area contributed by atoms with Crippen molar-refractivity contribution in [1.82, 2.24) is 0 Å². The van der Waals surface area contributed by atoms with E-state index in [-0.39, 0.29) is 17.8 Å². The van der Waals surface area contributed by atoms with E-state index >= 15 is 0 Å². The van der Waals surface area contributed by atoms with E-state index in [0.717, 1.165) is 24.7 Å². The van der Waals surface area contributed by atoms with E-state index in [1.165, 1.54) is 37.7 Å². The van der Waals surface area contributed by atoms with Crippen LogP contribution < -0.4 is 0 Å². The molecule has 0 bridgehead atoms. The summed E-state index contributed by atoms with van der Waals surface area (Å²) in [5.41, 5.74) is 1.79. The van der Waals surface area contributed by atoms with Gasteiger partial charge in [0.25, 0.3) is 0 Å². The van der Waals surface area contributed by atoms with E-state index in [9.17, 15) is 9.90 Å². The molecule has 1 unspecified atom stereocenters. The third-order valence-corrected chi connectivity index (χ3v) is 8.10. The third kappa shape index (κ3) is 1.85. The normalized spacial score (nSPS) is 50.9. The highest BCUT2D eigenvalue weighted by atomic mass is 16.3. The lowest BCUT2D eigenvalue weighted by atomic mass is 9.45. The van der Waals surface area contributed by atoms with Crippen molar-refractivity contribution in [3.63, 3.8) is 0 Å². The van der Waals surface area contributed by atoms with E-state index in [0.29, 0.717) is 23.7 Å². The van der Waals surface area contributed by atoms with Crippen LogP contribution in [0.1, 0.15) is 65.2 Å². The first-order chi connectivity index (χ1) is 10.5. The minimum atomic E-state index is -0.0605. The number of carbonyl (C=O) groups excluding carboxylic acids is 1. The van der Waals surface area contributed by atoms with E-state index in [4.69, 9.17) is 0 Å². The molecule has 3 saturated carbocycles. The van der Waals surface area contributed by atoms with Gasteiger partial charge in [0.1, 0.15) is 0 Å². The molecule has 3 fully saturated rings. The summed E-state index contributed by atoms with van der Waals surface area (Å²) in [7, 11) is 0. The molecule has 0 radical (unpaired) electrons. The number of aliphatic hydroxyl groups is 1. The first-order valence-corrected chi connectivity index (χ1v) is 9.35. The fourth-order valence-electron chi connectivity index (χ4n) is 7.01. The van der Waals surface area contributed by atoms with Gasteiger partial charge in [-0.15, -0.1) is 0 Å². The molecule has 6 atom stereocenters. The summed E-state index contributed by atoms with van der Waals surface area (Å²) in [6, 6.07) is 0. The molecule has 0 aromatic rings. The second kappa shape index (κ2) is 4.93. The summed E-state index contributed by atoms with van der Waals surface area (Å²) in [6.45, 7) is 5.18. The van der Waals surface area contributed by atoms with Crippen LogP contribution in [0.15, 0.2) is 11.6 Å². The van der Waals surface area contributed by atoms with Crippen LogP contribution in [-0.2, 0) is 4.79 Å². The monoisotopic (exact) mass is 302 g/mol. The molecular weight excluding hydrogens is 272 g/mol. The smallest absolute Gasteiger partial charge is 0.155 e. The first-order valence-electron chi connectivity index (χ1n) is 9.35.